The summed E-state index contributed by atoms with van der Waals surface area (Å²) in [6, 6.07) is 0. The first-order valence-corrected chi connectivity index (χ1v) is 31.5. The van der Waals surface area contributed by atoms with Crippen LogP contribution in [0.3, 0.4) is 0 Å². The average Bonchev–Trinajstić information content (AvgIpc) is 3.37. The molecule has 0 aliphatic carbocycles. The highest BCUT2D eigenvalue weighted by Crippen LogP contribution is 2.17. The van der Waals surface area contributed by atoms with Gasteiger partial charge in [0.25, 0.3) is 0 Å². The van der Waals surface area contributed by atoms with Gasteiger partial charge in [-0.3, -0.25) is 14.4 Å². The highest BCUT2D eigenvalue weighted by molar-refractivity contribution is 5.71. The van der Waals surface area contributed by atoms with E-state index < -0.39 is 6.10 Å². The maximum absolute atomic E-state index is 12.9. The minimum absolute atomic E-state index is 0.0716. The van der Waals surface area contributed by atoms with Crippen LogP contribution < -0.4 is 0 Å². The van der Waals surface area contributed by atoms with E-state index in [-0.39, 0.29) is 31.1 Å². The lowest BCUT2D eigenvalue weighted by atomic mass is 10.0. The van der Waals surface area contributed by atoms with Crippen molar-refractivity contribution in [2.45, 2.75) is 348 Å². The molecule has 0 saturated heterocycles. The molecule has 6 nitrogen and oxygen atoms in total. The third-order valence-electron chi connectivity index (χ3n) is 14.1. The van der Waals surface area contributed by atoms with Crippen molar-refractivity contribution in [1.29, 1.82) is 0 Å². The summed E-state index contributed by atoms with van der Waals surface area (Å²) in [5, 5.41) is 0. The Labute approximate surface area is 442 Å². The number of carbonyl (C=O) groups is 3. The van der Waals surface area contributed by atoms with Crippen molar-refractivity contribution in [2.24, 2.45) is 0 Å². The Balaban J connectivity index is 4.33. The van der Waals surface area contributed by atoms with E-state index in [4.69, 9.17) is 14.2 Å². The van der Waals surface area contributed by atoms with Crippen LogP contribution in [0.5, 0.6) is 0 Å². The topological polar surface area (TPSA) is 78.9 Å². The maximum Gasteiger partial charge on any atom is 0.306 e. The van der Waals surface area contributed by atoms with E-state index in [2.05, 4.69) is 57.2 Å². The molecular weight excluding hydrogens is 877 g/mol. The summed E-state index contributed by atoms with van der Waals surface area (Å²) >= 11 is 0. The summed E-state index contributed by atoms with van der Waals surface area (Å²) in [5.74, 6) is -0.856. The average molecular weight is 998 g/mol. The molecule has 0 rings (SSSR count). The molecule has 6 heteroatoms. The molecular formula is C65H120O6. The van der Waals surface area contributed by atoms with Gasteiger partial charge in [0.15, 0.2) is 6.10 Å². The zero-order valence-electron chi connectivity index (χ0n) is 47.8. The zero-order valence-corrected chi connectivity index (χ0v) is 47.8. The molecule has 0 heterocycles. The predicted molar refractivity (Wildman–Crippen MR) is 307 cm³/mol. The first-order chi connectivity index (χ1) is 35.0. The summed E-state index contributed by atoms with van der Waals surface area (Å²) in [4.78, 5) is 38.3. The Morgan fingerprint density at radius 3 is 0.831 bits per heavy atom. The van der Waals surface area contributed by atoms with Crippen LogP contribution >= 0.6 is 0 Å². The van der Waals surface area contributed by atoms with Gasteiger partial charge in [0, 0.05) is 19.3 Å². The van der Waals surface area contributed by atoms with E-state index in [0.29, 0.717) is 19.3 Å². The van der Waals surface area contributed by atoms with Crippen molar-refractivity contribution in [3.05, 3.63) is 36.5 Å². The van der Waals surface area contributed by atoms with Gasteiger partial charge in [-0.1, -0.05) is 282 Å². The fourth-order valence-corrected chi connectivity index (χ4v) is 9.35. The highest BCUT2D eigenvalue weighted by atomic mass is 16.6. The highest BCUT2D eigenvalue weighted by Gasteiger charge is 2.19. The number of hydrogen-bond acceptors (Lipinski definition) is 6. The fourth-order valence-electron chi connectivity index (χ4n) is 9.35. The molecule has 0 unspecified atom stereocenters. The number of hydrogen-bond donors (Lipinski definition) is 0. The molecule has 0 spiro atoms. The van der Waals surface area contributed by atoms with Gasteiger partial charge in [-0.2, -0.15) is 0 Å². The van der Waals surface area contributed by atoms with Gasteiger partial charge in [-0.05, 0) is 77.0 Å². The summed E-state index contributed by atoms with van der Waals surface area (Å²) in [5.41, 5.74) is 0. The Morgan fingerprint density at radius 2 is 0.507 bits per heavy atom. The van der Waals surface area contributed by atoms with E-state index in [1.165, 1.54) is 238 Å². The van der Waals surface area contributed by atoms with Crippen molar-refractivity contribution in [1.82, 2.24) is 0 Å². The van der Waals surface area contributed by atoms with Gasteiger partial charge < -0.3 is 14.2 Å². The van der Waals surface area contributed by atoms with E-state index in [1.54, 1.807) is 0 Å². The van der Waals surface area contributed by atoms with Crippen molar-refractivity contribution >= 4 is 17.9 Å². The van der Waals surface area contributed by atoms with Crippen LogP contribution in [0.15, 0.2) is 36.5 Å². The summed E-state index contributed by atoms with van der Waals surface area (Å²) in [6.07, 6.45) is 72.8. The minimum Gasteiger partial charge on any atom is -0.462 e. The quantitative estimate of drug-likeness (QED) is 0.0261. The van der Waals surface area contributed by atoms with Crippen LogP contribution in [0.1, 0.15) is 342 Å². The fraction of sp³-hybridized carbons (Fsp3) is 0.862. The third kappa shape index (κ3) is 58.4. The molecule has 0 bridgehead atoms. The van der Waals surface area contributed by atoms with Crippen LogP contribution in [0.2, 0.25) is 0 Å². The van der Waals surface area contributed by atoms with Crippen LogP contribution in [0, 0.1) is 0 Å². The van der Waals surface area contributed by atoms with Crippen LogP contribution in [-0.4, -0.2) is 37.2 Å². The Bertz CT molecular complexity index is 1190. The van der Waals surface area contributed by atoms with Gasteiger partial charge in [0.05, 0.1) is 0 Å². The SMILES string of the molecule is CCCCC/C=C\C/C=C\CCCCCCCCCCCC(=O)OC[C@H](COC(=O)CCCCCCCCC/C=C\CCCCCC)OC(=O)CCCCCCCCCCCCCCCCCCCCC. The number of rotatable bonds is 58. The van der Waals surface area contributed by atoms with Crippen LogP contribution in [0.4, 0.5) is 0 Å². The molecule has 0 aliphatic rings. The minimum atomic E-state index is -0.773. The molecule has 0 aliphatic heterocycles. The Morgan fingerprint density at radius 1 is 0.282 bits per heavy atom. The molecule has 1 atom stereocenters. The Hall–Kier alpha value is -2.37. The predicted octanol–water partition coefficient (Wildman–Crippen LogP) is 21.2. The second kappa shape index (κ2) is 60.2. The van der Waals surface area contributed by atoms with Crippen molar-refractivity contribution < 1.29 is 28.6 Å². The monoisotopic (exact) mass is 997 g/mol. The molecule has 0 aromatic heterocycles. The molecule has 0 N–H and O–H groups in total. The number of allylic oxidation sites excluding steroid dienone is 6. The Kier molecular flexibility index (Phi) is 58.2. The second-order valence-corrected chi connectivity index (χ2v) is 21.3. The molecule has 71 heavy (non-hydrogen) atoms. The second-order valence-electron chi connectivity index (χ2n) is 21.3. The number of ether oxygens (including phenoxy) is 3. The smallest absolute Gasteiger partial charge is 0.306 e. The zero-order chi connectivity index (χ0) is 51.4. The third-order valence-corrected chi connectivity index (χ3v) is 14.1. The number of unbranched alkanes of at least 4 members (excludes halogenated alkanes) is 41. The molecule has 416 valence electrons. The lowest BCUT2D eigenvalue weighted by Crippen LogP contribution is -2.30. The van der Waals surface area contributed by atoms with Gasteiger partial charge in [-0.25, -0.2) is 0 Å². The molecule has 0 amide bonds. The summed E-state index contributed by atoms with van der Waals surface area (Å²) < 4.78 is 16.9. The van der Waals surface area contributed by atoms with E-state index in [1.807, 2.05) is 0 Å². The molecule has 0 aromatic carbocycles. The molecule has 0 radical (unpaired) electrons. The van der Waals surface area contributed by atoms with E-state index in [9.17, 15) is 14.4 Å². The van der Waals surface area contributed by atoms with Gasteiger partial charge in [0.1, 0.15) is 13.2 Å². The lowest BCUT2D eigenvalue weighted by molar-refractivity contribution is -0.167. The van der Waals surface area contributed by atoms with Gasteiger partial charge in [0.2, 0.25) is 0 Å². The van der Waals surface area contributed by atoms with Gasteiger partial charge >= 0.3 is 17.9 Å². The first-order valence-electron chi connectivity index (χ1n) is 31.5. The van der Waals surface area contributed by atoms with Crippen molar-refractivity contribution in [3.63, 3.8) is 0 Å². The lowest BCUT2D eigenvalue weighted by Gasteiger charge is -2.18. The summed E-state index contributed by atoms with van der Waals surface area (Å²) in [7, 11) is 0. The first kappa shape index (κ1) is 68.6. The number of esters is 3. The normalized spacial score (nSPS) is 12.2. The maximum atomic E-state index is 12.9. The van der Waals surface area contributed by atoms with Crippen LogP contribution in [0.25, 0.3) is 0 Å². The summed E-state index contributed by atoms with van der Waals surface area (Å²) in [6.45, 7) is 6.65. The standard InChI is InChI=1S/C65H120O6/c1-4-7-10-13-16-19-22-25-28-30-32-34-37-40-43-46-49-52-55-58-64(67)70-61-62(60-69-63(66)57-54-51-48-45-42-39-36-27-24-21-18-15-12-9-6-3)71-65(68)59-56-53-50-47-44-41-38-35-33-31-29-26-23-20-17-14-11-8-5-2/h16,19,21,24-25,28,62H,4-15,17-18,20,22-23,26-27,29-61H2,1-3H3/b19-16-,24-21-,28-25-/t62-/m0/s1. The molecule has 0 saturated carbocycles. The number of carbonyl (C=O) groups excluding carboxylic acids is 3. The molecule has 0 aromatic rings. The van der Waals surface area contributed by atoms with Crippen molar-refractivity contribution in [2.75, 3.05) is 13.2 Å². The van der Waals surface area contributed by atoms with Gasteiger partial charge in [-0.15, -0.1) is 0 Å². The molecule has 0 fully saturated rings. The van der Waals surface area contributed by atoms with E-state index >= 15 is 0 Å². The van der Waals surface area contributed by atoms with Crippen LogP contribution in [-0.2, 0) is 28.6 Å². The van der Waals surface area contributed by atoms with Crippen molar-refractivity contribution in [3.8, 4) is 0 Å². The largest absolute Gasteiger partial charge is 0.462 e. The van der Waals surface area contributed by atoms with E-state index in [0.717, 1.165) is 64.2 Å².